The highest BCUT2D eigenvalue weighted by atomic mass is 32.2. The second kappa shape index (κ2) is 5.37. The average molecular weight is 269 g/mol. The Kier molecular flexibility index (Phi) is 3.86. The van der Waals surface area contributed by atoms with Crippen molar-refractivity contribution in [3.05, 3.63) is 23.7 Å². The van der Waals surface area contributed by atoms with Gasteiger partial charge in [-0.1, -0.05) is 0 Å². The molecule has 6 heteroatoms. The summed E-state index contributed by atoms with van der Waals surface area (Å²) in [7, 11) is -1.15. The molecule has 1 atom stereocenters. The van der Waals surface area contributed by atoms with E-state index in [0.717, 1.165) is 15.1 Å². The highest BCUT2D eigenvalue weighted by Gasteiger charge is 2.06. The number of aromatic nitrogens is 1. The number of hydrogen-bond donors (Lipinski definition) is 0. The lowest BCUT2D eigenvalue weighted by molar-refractivity contribution is -0.140. The molecule has 4 nitrogen and oxygen atoms in total. The number of rotatable bonds is 4. The van der Waals surface area contributed by atoms with Gasteiger partial charge in [0.05, 0.1) is 32.3 Å². The topological polar surface area (TPSA) is 56.3 Å². The molecule has 17 heavy (non-hydrogen) atoms. The lowest BCUT2D eigenvalue weighted by Gasteiger charge is -2.02. The van der Waals surface area contributed by atoms with E-state index >= 15 is 0 Å². The van der Waals surface area contributed by atoms with Gasteiger partial charge in [-0.15, -0.1) is 11.3 Å². The molecule has 0 fully saturated rings. The van der Waals surface area contributed by atoms with Crippen molar-refractivity contribution in [3.63, 3.8) is 0 Å². The monoisotopic (exact) mass is 269 g/mol. The number of carbonyl (C=O) groups is 1. The third-order valence-corrected chi connectivity index (χ3v) is 4.27. The molecular weight excluding hydrogens is 258 g/mol. The first kappa shape index (κ1) is 12.2. The zero-order valence-electron chi connectivity index (χ0n) is 9.21. The van der Waals surface area contributed by atoms with Gasteiger partial charge < -0.3 is 4.74 Å². The number of carbonyl (C=O) groups excluding carboxylic acids is 1. The van der Waals surface area contributed by atoms with Gasteiger partial charge >= 0.3 is 5.97 Å². The first-order valence-electron chi connectivity index (χ1n) is 5.02. The van der Waals surface area contributed by atoms with Gasteiger partial charge in [-0.2, -0.15) is 0 Å². The normalized spacial score (nSPS) is 12.5. The Hall–Kier alpha value is -1.27. The first-order valence-corrected chi connectivity index (χ1v) is 7.21. The minimum absolute atomic E-state index is 0.178. The van der Waals surface area contributed by atoms with Crippen molar-refractivity contribution in [1.29, 1.82) is 0 Å². The Bertz CT molecular complexity index is 565. The Balaban J connectivity index is 2.05. The smallest absolute Gasteiger partial charge is 0.302 e. The number of ether oxygens (including phenoxy) is 1. The number of benzene rings is 1. The van der Waals surface area contributed by atoms with E-state index in [0.29, 0.717) is 5.75 Å². The van der Waals surface area contributed by atoms with E-state index in [-0.39, 0.29) is 12.6 Å². The molecule has 0 aliphatic heterocycles. The number of nitrogens with zero attached hydrogens (tertiary/aromatic N) is 1. The summed E-state index contributed by atoms with van der Waals surface area (Å²) in [5.74, 6) is -0.0353. The molecule has 90 valence electrons. The van der Waals surface area contributed by atoms with Gasteiger partial charge in [-0.25, -0.2) is 4.98 Å². The van der Waals surface area contributed by atoms with Crippen molar-refractivity contribution in [2.24, 2.45) is 0 Å². The third kappa shape index (κ3) is 3.10. The molecule has 1 heterocycles. The van der Waals surface area contributed by atoms with E-state index in [9.17, 15) is 9.00 Å². The van der Waals surface area contributed by atoms with Crippen LogP contribution >= 0.6 is 11.3 Å². The van der Waals surface area contributed by atoms with Gasteiger partial charge in [0.1, 0.15) is 6.61 Å². The van der Waals surface area contributed by atoms with E-state index in [4.69, 9.17) is 4.74 Å². The fourth-order valence-electron chi connectivity index (χ4n) is 1.36. The third-order valence-electron chi connectivity index (χ3n) is 2.14. The molecule has 0 aliphatic rings. The minimum atomic E-state index is -1.15. The Morgan fingerprint density at radius 1 is 1.53 bits per heavy atom. The van der Waals surface area contributed by atoms with Gasteiger partial charge in [-0.3, -0.25) is 9.00 Å². The molecule has 1 aromatic heterocycles. The lowest BCUT2D eigenvalue weighted by atomic mass is 10.3. The first-order chi connectivity index (χ1) is 8.16. The molecule has 0 N–H and O–H groups in total. The Morgan fingerprint density at radius 2 is 2.35 bits per heavy atom. The summed E-state index contributed by atoms with van der Waals surface area (Å²) in [6, 6.07) is 5.55. The van der Waals surface area contributed by atoms with Crippen LogP contribution < -0.4 is 0 Å². The number of thiazole rings is 1. The van der Waals surface area contributed by atoms with Crippen molar-refractivity contribution in [1.82, 2.24) is 4.98 Å². The molecule has 2 aromatic rings. The van der Waals surface area contributed by atoms with Crippen molar-refractivity contribution in [2.45, 2.75) is 11.8 Å². The van der Waals surface area contributed by atoms with Crippen molar-refractivity contribution >= 4 is 38.3 Å². The Morgan fingerprint density at radius 3 is 3.12 bits per heavy atom. The fraction of sp³-hybridized carbons (Fsp3) is 0.273. The molecule has 0 saturated carbocycles. The lowest BCUT2D eigenvalue weighted by Crippen LogP contribution is -2.09. The average Bonchev–Trinajstić information content (AvgIpc) is 2.75. The van der Waals surface area contributed by atoms with Gasteiger partial charge in [-0.05, 0) is 18.2 Å². The van der Waals surface area contributed by atoms with Crippen LogP contribution in [0.5, 0.6) is 0 Å². The summed E-state index contributed by atoms with van der Waals surface area (Å²) in [5, 5.41) is 0. The summed E-state index contributed by atoms with van der Waals surface area (Å²) < 4.78 is 17.7. The molecule has 1 aromatic carbocycles. The Labute approximate surface area is 105 Å². The summed E-state index contributed by atoms with van der Waals surface area (Å²) >= 11 is 1.55. The van der Waals surface area contributed by atoms with Crippen LogP contribution in [0.4, 0.5) is 0 Å². The van der Waals surface area contributed by atoms with Crippen LogP contribution in [0.15, 0.2) is 28.6 Å². The van der Waals surface area contributed by atoms with E-state index in [2.05, 4.69) is 4.98 Å². The van der Waals surface area contributed by atoms with E-state index in [1.807, 2.05) is 18.2 Å². The van der Waals surface area contributed by atoms with Crippen molar-refractivity contribution < 1.29 is 13.7 Å². The van der Waals surface area contributed by atoms with Crippen LogP contribution in [0.2, 0.25) is 0 Å². The molecule has 0 aliphatic carbocycles. The van der Waals surface area contributed by atoms with E-state index < -0.39 is 10.8 Å². The van der Waals surface area contributed by atoms with Crippen LogP contribution in [0, 0.1) is 0 Å². The van der Waals surface area contributed by atoms with Gasteiger partial charge in [0, 0.05) is 11.8 Å². The maximum absolute atomic E-state index is 11.9. The zero-order valence-corrected chi connectivity index (χ0v) is 10.8. The summed E-state index contributed by atoms with van der Waals surface area (Å²) in [5.41, 5.74) is 2.62. The maximum atomic E-state index is 11.9. The zero-order chi connectivity index (χ0) is 12.3. The van der Waals surface area contributed by atoms with Gasteiger partial charge in [0.2, 0.25) is 0 Å². The van der Waals surface area contributed by atoms with Crippen LogP contribution in [-0.2, 0) is 20.3 Å². The van der Waals surface area contributed by atoms with E-state index in [1.54, 1.807) is 16.8 Å². The molecule has 1 unspecified atom stereocenters. The van der Waals surface area contributed by atoms with Gasteiger partial charge in [0.25, 0.3) is 0 Å². The van der Waals surface area contributed by atoms with Crippen LogP contribution in [0.1, 0.15) is 6.92 Å². The summed E-state index contributed by atoms with van der Waals surface area (Å²) in [6.07, 6.45) is 0. The molecule has 0 spiro atoms. The highest BCUT2D eigenvalue weighted by molar-refractivity contribution is 7.85. The number of esters is 1. The van der Waals surface area contributed by atoms with Crippen LogP contribution in [0.25, 0.3) is 10.2 Å². The molecule has 0 amide bonds. The molecule has 0 bridgehead atoms. The summed E-state index contributed by atoms with van der Waals surface area (Å²) in [4.78, 5) is 15.5. The summed E-state index contributed by atoms with van der Waals surface area (Å²) in [6.45, 7) is 1.52. The minimum Gasteiger partial charge on any atom is -0.465 e. The highest BCUT2D eigenvalue weighted by Crippen LogP contribution is 2.20. The number of fused-ring (bicyclic) bond motifs is 1. The van der Waals surface area contributed by atoms with Crippen molar-refractivity contribution in [2.75, 3.05) is 12.4 Å². The predicted molar refractivity (Wildman–Crippen MR) is 67.5 cm³/mol. The predicted octanol–water partition coefficient (Wildman–Crippen LogP) is 1.97. The molecular formula is C11H11NO3S2. The van der Waals surface area contributed by atoms with Crippen LogP contribution in [0.3, 0.4) is 0 Å². The largest absolute Gasteiger partial charge is 0.465 e. The standard InChI is InChI=1S/C11H11NO3S2/c1-8(13)15-4-5-17(14)9-2-3-11-10(6-9)12-7-16-11/h2-3,6-7H,4-5H2,1H3. The SMILES string of the molecule is CC(=O)OCCS(=O)c1ccc2scnc2c1. The molecule has 2 rings (SSSR count). The molecule has 0 saturated heterocycles. The van der Waals surface area contributed by atoms with Gasteiger partial charge in [0.15, 0.2) is 0 Å². The number of hydrogen-bond acceptors (Lipinski definition) is 5. The second-order valence-corrected chi connectivity index (χ2v) is 5.83. The quantitative estimate of drug-likeness (QED) is 0.796. The second-order valence-electron chi connectivity index (χ2n) is 3.37. The molecule has 0 radical (unpaired) electrons. The van der Waals surface area contributed by atoms with Crippen LogP contribution in [-0.4, -0.2) is 27.5 Å². The maximum Gasteiger partial charge on any atom is 0.302 e. The van der Waals surface area contributed by atoms with Crippen molar-refractivity contribution in [3.8, 4) is 0 Å². The van der Waals surface area contributed by atoms with E-state index in [1.165, 1.54) is 6.92 Å². The fourth-order valence-corrected chi connectivity index (χ4v) is 2.95.